The number of anilines is 1. The third kappa shape index (κ3) is 3.99. The predicted octanol–water partition coefficient (Wildman–Crippen LogP) is 3.10. The fourth-order valence-corrected chi connectivity index (χ4v) is 3.27. The number of amides is 1. The molecule has 1 amide bonds. The normalized spacial score (nSPS) is 11.7. The Labute approximate surface area is 151 Å². The van der Waals surface area contributed by atoms with Crippen molar-refractivity contribution in [1.29, 1.82) is 0 Å². The molecule has 1 aromatic carbocycles. The fraction of sp³-hybridized carbons (Fsp3) is 0.389. The minimum atomic E-state index is -0.0643. The molecule has 2 heterocycles. The first-order valence-corrected chi connectivity index (χ1v) is 9.10. The van der Waals surface area contributed by atoms with Crippen LogP contribution in [0.25, 0.3) is 4.96 Å². The number of hydrogen-bond acceptors (Lipinski definition) is 5. The van der Waals surface area contributed by atoms with Gasteiger partial charge in [-0.05, 0) is 24.1 Å². The zero-order valence-corrected chi connectivity index (χ0v) is 15.8. The van der Waals surface area contributed by atoms with E-state index in [4.69, 9.17) is 0 Å². The summed E-state index contributed by atoms with van der Waals surface area (Å²) in [6.07, 6.45) is 2.81. The molecule has 6 nitrogen and oxygen atoms in total. The second-order valence-corrected chi connectivity index (χ2v) is 7.92. The van der Waals surface area contributed by atoms with Gasteiger partial charge in [0.05, 0.1) is 11.9 Å². The average molecular weight is 357 g/mol. The van der Waals surface area contributed by atoms with E-state index in [1.165, 1.54) is 0 Å². The Hall–Kier alpha value is -2.41. The standard InChI is InChI=1S/C18H23N5OS/c1-18(2,3)14-11-23-17(21-14)25-16(22-23)20-9-8-12-6-5-7-13(10-12)15(24)19-4/h5-7,10-11H,8-9H2,1-4H3,(H,19,24)(H,20,22). The molecule has 3 rings (SSSR count). The van der Waals surface area contributed by atoms with Crippen LogP contribution in [0.3, 0.4) is 0 Å². The molecule has 3 aromatic rings. The van der Waals surface area contributed by atoms with Crippen LogP contribution in [0.4, 0.5) is 5.13 Å². The van der Waals surface area contributed by atoms with E-state index in [-0.39, 0.29) is 11.3 Å². The van der Waals surface area contributed by atoms with Gasteiger partial charge in [-0.1, -0.05) is 44.2 Å². The van der Waals surface area contributed by atoms with E-state index in [9.17, 15) is 4.79 Å². The molecule has 0 aliphatic rings. The van der Waals surface area contributed by atoms with Crippen LogP contribution in [0.1, 0.15) is 42.4 Å². The SMILES string of the molecule is CNC(=O)c1cccc(CCNc2nn3cc(C(C)(C)C)nc3s2)c1. The van der Waals surface area contributed by atoms with Gasteiger partial charge in [-0.15, -0.1) is 5.10 Å². The smallest absolute Gasteiger partial charge is 0.251 e. The van der Waals surface area contributed by atoms with E-state index < -0.39 is 0 Å². The first kappa shape index (κ1) is 17.4. The van der Waals surface area contributed by atoms with E-state index in [2.05, 4.69) is 41.5 Å². The van der Waals surface area contributed by atoms with Gasteiger partial charge in [0, 0.05) is 24.6 Å². The highest BCUT2D eigenvalue weighted by atomic mass is 32.1. The van der Waals surface area contributed by atoms with Crippen LogP contribution in [-0.4, -0.2) is 34.1 Å². The highest BCUT2D eigenvalue weighted by molar-refractivity contribution is 7.20. The van der Waals surface area contributed by atoms with Crippen molar-refractivity contribution in [2.75, 3.05) is 18.9 Å². The predicted molar refractivity (Wildman–Crippen MR) is 102 cm³/mol. The second-order valence-electron chi connectivity index (χ2n) is 6.97. The first-order chi connectivity index (χ1) is 11.9. The summed E-state index contributed by atoms with van der Waals surface area (Å²) in [7, 11) is 1.64. The number of nitrogens with one attached hydrogen (secondary N) is 2. The maximum Gasteiger partial charge on any atom is 0.251 e. The van der Waals surface area contributed by atoms with Gasteiger partial charge in [-0.2, -0.15) is 0 Å². The molecule has 0 radical (unpaired) electrons. The lowest BCUT2D eigenvalue weighted by Crippen LogP contribution is -2.18. The number of nitrogens with zero attached hydrogens (tertiary/aromatic N) is 3. The van der Waals surface area contributed by atoms with Gasteiger partial charge >= 0.3 is 0 Å². The van der Waals surface area contributed by atoms with Gasteiger partial charge in [-0.3, -0.25) is 4.79 Å². The molecule has 0 aliphatic heterocycles. The largest absolute Gasteiger partial charge is 0.360 e. The van der Waals surface area contributed by atoms with Crippen LogP contribution in [-0.2, 0) is 11.8 Å². The summed E-state index contributed by atoms with van der Waals surface area (Å²) in [5.41, 5.74) is 2.87. The van der Waals surface area contributed by atoms with Gasteiger partial charge in [0.2, 0.25) is 10.1 Å². The van der Waals surface area contributed by atoms with Crippen molar-refractivity contribution >= 4 is 27.3 Å². The minimum absolute atomic E-state index is 0.0246. The van der Waals surface area contributed by atoms with Crippen LogP contribution in [0, 0.1) is 0 Å². The van der Waals surface area contributed by atoms with Crippen molar-refractivity contribution < 1.29 is 4.79 Å². The van der Waals surface area contributed by atoms with E-state index >= 15 is 0 Å². The van der Waals surface area contributed by atoms with Crippen LogP contribution < -0.4 is 10.6 Å². The van der Waals surface area contributed by atoms with Crippen LogP contribution in [0.2, 0.25) is 0 Å². The summed E-state index contributed by atoms with van der Waals surface area (Å²) >= 11 is 1.55. The molecule has 2 N–H and O–H groups in total. The van der Waals surface area contributed by atoms with E-state index in [1.807, 2.05) is 35.0 Å². The van der Waals surface area contributed by atoms with E-state index in [0.29, 0.717) is 5.56 Å². The molecular weight excluding hydrogens is 334 g/mol. The molecule has 0 atom stereocenters. The summed E-state index contributed by atoms with van der Waals surface area (Å²) in [6.45, 7) is 7.18. The summed E-state index contributed by atoms with van der Waals surface area (Å²) in [5, 5.41) is 11.4. The Morgan fingerprint density at radius 1 is 1.32 bits per heavy atom. The summed E-state index contributed by atoms with van der Waals surface area (Å²) in [6, 6.07) is 7.67. The van der Waals surface area contributed by atoms with Crippen LogP contribution >= 0.6 is 11.3 Å². The maximum absolute atomic E-state index is 11.7. The van der Waals surface area contributed by atoms with E-state index in [1.54, 1.807) is 18.4 Å². The second kappa shape index (κ2) is 6.84. The average Bonchev–Trinajstić information content (AvgIpc) is 3.12. The fourth-order valence-electron chi connectivity index (χ4n) is 2.46. The zero-order chi connectivity index (χ0) is 18.0. The molecule has 0 aliphatic carbocycles. The topological polar surface area (TPSA) is 71.3 Å². The summed E-state index contributed by atoms with van der Waals surface area (Å²) < 4.78 is 1.83. The monoisotopic (exact) mass is 357 g/mol. The molecule has 7 heteroatoms. The maximum atomic E-state index is 11.7. The molecule has 132 valence electrons. The number of fused-ring (bicyclic) bond motifs is 1. The molecule has 0 saturated carbocycles. The van der Waals surface area contributed by atoms with Crippen molar-refractivity contribution in [2.45, 2.75) is 32.6 Å². The molecule has 0 unspecified atom stereocenters. The number of hydrogen-bond donors (Lipinski definition) is 2. The lowest BCUT2D eigenvalue weighted by molar-refractivity contribution is 0.0963. The van der Waals surface area contributed by atoms with Crippen molar-refractivity contribution in [3.8, 4) is 0 Å². The quantitative estimate of drug-likeness (QED) is 0.736. The summed E-state index contributed by atoms with van der Waals surface area (Å²) in [4.78, 5) is 17.2. The van der Waals surface area contributed by atoms with Gasteiger partial charge in [0.15, 0.2) is 0 Å². The minimum Gasteiger partial charge on any atom is -0.360 e. The van der Waals surface area contributed by atoms with Gasteiger partial charge in [0.25, 0.3) is 5.91 Å². The van der Waals surface area contributed by atoms with Crippen LogP contribution in [0.15, 0.2) is 30.5 Å². The Morgan fingerprint density at radius 3 is 2.80 bits per heavy atom. The number of carbonyl (C=O) groups is 1. The third-order valence-electron chi connectivity index (χ3n) is 3.92. The Kier molecular flexibility index (Phi) is 4.76. The van der Waals surface area contributed by atoms with Gasteiger partial charge < -0.3 is 10.6 Å². The third-order valence-corrected chi connectivity index (χ3v) is 4.80. The zero-order valence-electron chi connectivity index (χ0n) is 15.0. The molecule has 0 fully saturated rings. The first-order valence-electron chi connectivity index (χ1n) is 8.28. The Morgan fingerprint density at radius 2 is 2.12 bits per heavy atom. The number of aromatic nitrogens is 3. The number of benzene rings is 1. The Bertz CT molecular complexity index is 859. The van der Waals surface area contributed by atoms with Gasteiger partial charge in [0.1, 0.15) is 0 Å². The summed E-state index contributed by atoms with van der Waals surface area (Å²) in [5.74, 6) is -0.0643. The highest BCUT2D eigenvalue weighted by Crippen LogP contribution is 2.25. The molecular formula is C18H23N5OS. The lowest BCUT2D eigenvalue weighted by Gasteiger charge is -2.13. The van der Waals surface area contributed by atoms with Gasteiger partial charge in [-0.25, -0.2) is 9.50 Å². The van der Waals surface area contributed by atoms with E-state index in [0.717, 1.165) is 34.3 Å². The van der Waals surface area contributed by atoms with Crippen molar-refractivity contribution in [2.24, 2.45) is 0 Å². The molecule has 0 spiro atoms. The number of carbonyl (C=O) groups excluding carboxylic acids is 1. The van der Waals surface area contributed by atoms with Crippen molar-refractivity contribution in [3.05, 3.63) is 47.3 Å². The Balaban J connectivity index is 1.61. The molecule has 25 heavy (non-hydrogen) atoms. The lowest BCUT2D eigenvalue weighted by atomic mass is 9.93. The molecule has 0 bridgehead atoms. The number of imidazole rings is 1. The van der Waals surface area contributed by atoms with Crippen molar-refractivity contribution in [3.63, 3.8) is 0 Å². The highest BCUT2D eigenvalue weighted by Gasteiger charge is 2.19. The van der Waals surface area contributed by atoms with Crippen LogP contribution in [0.5, 0.6) is 0 Å². The molecule has 0 saturated heterocycles. The van der Waals surface area contributed by atoms with Crippen molar-refractivity contribution in [1.82, 2.24) is 19.9 Å². The molecule has 2 aromatic heterocycles. The number of rotatable bonds is 5.